The molecular formula is C30H40N2O9. The number of carboxylic acids is 1. The lowest BCUT2D eigenvalue weighted by atomic mass is 9.57. The van der Waals surface area contributed by atoms with E-state index in [9.17, 15) is 29.7 Å². The van der Waals surface area contributed by atoms with E-state index in [4.69, 9.17) is 14.2 Å². The molecule has 224 valence electrons. The molecule has 1 saturated carbocycles. The zero-order valence-corrected chi connectivity index (χ0v) is 24.2. The van der Waals surface area contributed by atoms with Gasteiger partial charge in [0.05, 0.1) is 30.0 Å². The van der Waals surface area contributed by atoms with Gasteiger partial charge in [-0.15, -0.1) is 0 Å². The van der Waals surface area contributed by atoms with Gasteiger partial charge in [-0.1, -0.05) is 32.1 Å². The first kappa shape index (κ1) is 29.5. The predicted octanol–water partition coefficient (Wildman–Crippen LogP) is 2.55. The molecule has 12 atom stereocenters. The predicted molar refractivity (Wildman–Crippen MR) is 147 cm³/mol. The molecule has 0 radical (unpaired) electrons. The molecule has 1 aromatic heterocycles. The summed E-state index contributed by atoms with van der Waals surface area (Å²) in [4.78, 5) is 37.2. The van der Waals surface area contributed by atoms with Gasteiger partial charge in [0.25, 0.3) is 0 Å². The van der Waals surface area contributed by atoms with Crippen molar-refractivity contribution in [1.29, 1.82) is 0 Å². The number of cyclic esters (lactones) is 1. The number of anilines is 1. The molecule has 4 aliphatic rings. The molecule has 0 aromatic carbocycles. The van der Waals surface area contributed by atoms with Crippen molar-refractivity contribution in [2.24, 2.45) is 29.6 Å². The Morgan fingerprint density at radius 1 is 1.27 bits per heavy atom. The number of nitrogens with one attached hydrogen (secondary N) is 1. The van der Waals surface area contributed by atoms with Crippen molar-refractivity contribution in [3.8, 4) is 0 Å². The summed E-state index contributed by atoms with van der Waals surface area (Å²) in [5.74, 6) is -3.79. The molecule has 11 nitrogen and oxygen atoms in total. The van der Waals surface area contributed by atoms with Crippen molar-refractivity contribution >= 4 is 23.5 Å². The normalized spacial score (nSPS) is 42.0. The molecule has 2 fully saturated rings. The topological polar surface area (TPSA) is 157 Å². The van der Waals surface area contributed by atoms with Gasteiger partial charge < -0.3 is 39.4 Å². The number of aromatic nitrogens is 1. The number of carboxylic acid groups (broad SMARTS) is 1. The smallest absolute Gasteiger partial charge is 0.352 e. The number of aromatic carboxylic acids is 1. The second-order valence-corrected chi connectivity index (χ2v) is 12.1. The minimum Gasteiger partial charge on any atom is -0.477 e. The van der Waals surface area contributed by atoms with E-state index in [2.05, 4.69) is 5.32 Å². The van der Waals surface area contributed by atoms with Crippen molar-refractivity contribution in [2.45, 2.75) is 83.2 Å². The second kappa shape index (κ2) is 10.7. The summed E-state index contributed by atoms with van der Waals surface area (Å²) in [6.07, 6.45) is 3.78. The number of methoxy groups -OCH3 is 1. The maximum absolute atomic E-state index is 13.2. The van der Waals surface area contributed by atoms with Crippen LogP contribution in [-0.2, 0) is 23.8 Å². The SMILES string of the molecule is CO[C@H]1C[C@H]2C=CC3C4[C@H](O)[C@H](C)[C@@H](n5cc(NC(C)=O)cc5C(=O)O)[C@@H]3O[C@]42/C(C)=C/[C@@H](C)[C@@H]([C@@H](C)O)OC1=O. The van der Waals surface area contributed by atoms with Gasteiger partial charge >= 0.3 is 11.9 Å². The molecule has 1 amide bonds. The van der Waals surface area contributed by atoms with Gasteiger partial charge in [0.15, 0.2) is 6.10 Å². The lowest BCUT2D eigenvalue weighted by Gasteiger charge is -2.49. The fourth-order valence-corrected chi connectivity index (χ4v) is 7.93. The average Bonchev–Trinajstić information content (AvgIpc) is 3.38. The highest BCUT2D eigenvalue weighted by atomic mass is 16.6. The van der Waals surface area contributed by atoms with Gasteiger partial charge in [-0.2, -0.15) is 0 Å². The number of aliphatic hydroxyl groups excluding tert-OH is 2. The van der Waals surface area contributed by atoms with Crippen LogP contribution in [0, 0.1) is 29.6 Å². The summed E-state index contributed by atoms with van der Waals surface area (Å²) in [5, 5.41) is 35.1. The van der Waals surface area contributed by atoms with Gasteiger partial charge in [-0.3, -0.25) is 4.79 Å². The summed E-state index contributed by atoms with van der Waals surface area (Å²) in [6, 6.07) is 0.852. The van der Waals surface area contributed by atoms with Crippen molar-refractivity contribution in [3.63, 3.8) is 0 Å². The Labute approximate surface area is 239 Å². The minimum atomic E-state index is -1.16. The first-order valence-corrected chi connectivity index (χ1v) is 14.2. The summed E-state index contributed by atoms with van der Waals surface area (Å²) >= 11 is 0. The highest BCUT2D eigenvalue weighted by Gasteiger charge is 2.68. The van der Waals surface area contributed by atoms with E-state index in [-0.39, 0.29) is 41.7 Å². The number of hydrogen-bond acceptors (Lipinski definition) is 8. The van der Waals surface area contributed by atoms with Crippen LogP contribution in [0.15, 0.2) is 36.1 Å². The molecule has 11 heteroatoms. The van der Waals surface area contributed by atoms with Gasteiger partial charge in [0, 0.05) is 49.8 Å². The first-order valence-electron chi connectivity index (χ1n) is 14.2. The zero-order chi connectivity index (χ0) is 30.0. The molecule has 5 rings (SSSR count). The van der Waals surface area contributed by atoms with Crippen molar-refractivity contribution in [3.05, 3.63) is 41.8 Å². The van der Waals surface area contributed by atoms with Gasteiger partial charge in [-0.05, 0) is 31.9 Å². The van der Waals surface area contributed by atoms with Gasteiger partial charge in [0.2, 0.25) is 5.91 Å². The summed E-state index contributed by atoms with van der Waals surface area (Å²) in [5.41, 5.74) is 0.177. The van der Waals surface area contributed by atoms with Crippen molar-refractivity contribution in [2.75, 3.05) is 12.4 Å². The first-order chi connectivity index (χ1) is 19.3. The third-order valence-electron chi connectivity index (χ3n) is 9.62. The number of rotatable bonds is 5. The number of carbonyl (C=O) groups excluding carboxylic acids is 2. The maximum Gasteiger partial charge on any atom is 0.352 e. The number of hydrogen-bond donors (Lipinski definition) is 4. The Balaban J connectivity index is 1.65. The fraction of sp³-hybridized carbons (Fsp3) is 0.633. The Hall–Kier alpha value is -2.99. The van der Waals surface area contributed by atoms with Crippen molar-refractivity contribution < 1.29 is 43.9 Å². The second-order valence-electron chi connectivity index (χ2n) is 12.1. The number of ether oxygens (including phenoxy) is 3. The van der Waals surface area contributed by atoms with E-state index in [0.29, 0.717) is 5.69 Å². The zero-order valence-electron chi connectivity index (χ0n) is 24.2. The van der Waals surface area contributed by atoms with E-state index in [1.807, 2.05) is 39.0 Å². The van der Waals surface area contributed by atoms with Crippen LogP contribution in [-0.4, -0.2) is 81.0 Å². The van der Waals surface area contributed by atoms with E-state index in [1.165, 1.54) is 20.1 Å². The van der Waals surface area contributed by atoms with E-state index in [0.717, 1.165) is 5.57 Å². The molecule has 1 saturated heterocycles. The number of aliphatic hydroxyl groups is 2. The maximum atomic E-state index is 13.2. The Morgan fingerprint density at radius 2 is 1.98 bits per heavy atom. The number of esters is 1. The molecule has 4 N–H and O–H groups in total. The Bertz CT molecular complexity index is 1280. The van der Waals surface area contributed by atoms with E-state index >= 15 is 0 Å². The van der Waals surface area contributed by atoms with Crippen molar-refractivity contribution in [1.82, 2.24) is 4.57 Å². The van der Waals surface area contributed by atoms with Crippen LogP contribution in [0.5, 0.6) is 0 Å². The molecular weight excluding hydrogens is 532 g/mol. The number of amides is 1. The Kier molecular flexibility index (Phi) is 7.69. The largest absolute Gasteiger partial charge is 0.477 e. The Morgan fingerprint density at radius 3 is 2.59 bits per heavy atom. The van der Waals surface area contributed by atoms with Gasteiger partial charge in [0.1, 0.15) is 17.4 Å². The van der Waals surface area contributed by atoms with Crippen LogP contribution in [0.3, 0.4) is 0 Å². The molecule has 2 aliphatic carbocycles. The average molecular weight is 573 g/mol. The highest BCUT2D eigenvalue weighted by Crippen LogP contribution is 2.63. The molecule has 2 unspecified atom stereocenters. The summed E-state index contributed by atoms with van der Waals surface area (Å²) in [7, 11) is 1.44. The third-order valence-corrected chi connectivity index (χ3v) is 9.62. The number of carbonyl (C=O) groups is 3. The quantitative estimate of drug-likeness (QED) is 0.308. The third kappa shape index (κ3) is 4.63. The van der Waals surface area contributed by atoms with E-state index < -0.39 is 60.0 Å². The fourth-order valence-electron chi connectivity index (χ4n) is 7.93. The molecule has 41 heavy (non-hydrogen) atoms. The molecule has 2 aliphatic heterocycles. The van der Waals surface area contributed by atoms with Crippen LogP contribution < -0.4 is 5.32 Å². The van der Waals surface area contributed by atoms with Crippen LogP contribution in [0.1, 0.15) is 57.6 Å². The van der Waals surface area contributed by atoms with Gasteiger partial charge in [-0.25, -0.2) is 9.59 Å². The van der Waals surface area contributed by atoms with Crippen LogP contribution in [0.25, 0.3) is 0 Å². The summed E-state index contributed by atoms with van der Waals surface area (Å²) in [6.45, 7) is 8.63. The lowest BCUT2D eigenvalue weighted by molar-refractivity contribution is -0.172. The minimum absolute atomic E-state index is 0.0202. The lowest BCUT2D eigenvalue weighted by Crippen LogP contribution is -2.56. The number of nitrogens with zero attached hydrogens (tertiary/aromatic N) is 1. The highest BCUT2D eigenvalue weighted by molar-refractivity contribution is 5.92. The molecule has 1 spiro atoms. The standard InChI is InChI=1S/C30H40N2O9/c1-13-9-14(2)30-18(10-22(39-6)29(38)40-26(13)16(4)33)7-8-20-23(30)25(35)15(3)24(27(20)41-30)32-12-19(31-17(5)34)11-21(32)28(36)37/h7-9,11-13,15-16,18,20,22-27,33,35H,10H2,1-6H3,(H,31,34)(H,36,37)/b14-9+/t13-,15-,16-,18-,20?,22+,23?,24-,25-,26+,27-,30+/m1/s1. The summed E-state index contributed by atoms with van der Waals surface area (Å²) < 4.78 is 20.0. The monoisotopic (exact) mass is 572 g/mol. The van der Waals surface area contributed by atoms with Crippen LogP contribution in [0.4, 0.5) is 5.69 Å². The van der Waals surface area contributed by atoms with E-state index in [1.54, 1.807) is 17.7 Å². The molecule has 1 aromatic rings. The van der Waals surface area contributed by atoms with Crippen LogP contribution in [0.2, 0.25) is 0 Å². The molecule has 4 bridgehead atoms. The van der Waals surface area contributed by atoms with Crippen LogP contribution >= 0.6 is 0 Å². The molecule has 3 heterocycles.